The van der Waals surface area contributed by atoms with Crippen molar-refractivity contribution in [2.24, 2.45) is 50.7 Å². The summed E-state index contributed by atoms with van der Waals surface area (Å²) in [4.78, 5) is 24.8. The molecule has 2 heterocycles. The number of rotatable bonds is 8. The molecule has 5 saturated carbocycles. The van der Waals surface area contributed by atoms with Gasteiger partial charge in [0.25, 0.3) is 0 Å². The highest BCUT2D eigenvalue weighted by Crippen LogP contribution is 2.76. The molecule has 2 saturated heterocycles. The van der Waals surface area contributed by atoms with Crippen molar-refractivity contribution in [1.29, 1.82) is 0 Å². The second-order valence-corrected chi connectivity index (χ2v) is 20.9. The van der Waals surface area contributed by atoms with Gasteiger partial charge in [0.05, 0.1) is 29.8 Å². The fourth-order valence-corrected chi connectivity index (χ4v) is 14.3. The number of hydrogen-bond acceptors (Lipinski definition) is 14. The predicted molar refractivity (Wildman–Crippen MR) is 204 cm³/mol. The van der Waals surface area contributed by atoms with E-state index in [4.69, 9.17) is 23.7 Å². The van der Waals surface area contributed by atoms with Crippen LogP contribution in [0.3, 0.4) is 0 Å². The molecule has 2 aliphatic heterocycles. The van der Waals surface area contributed by atoms with Crippen molar-refractivity contribution >= 4 is 11.9 Å². The minimum atomic E-state index is -1.71. The van der Waals surface area contributed by atoms with Crippen LogP contribution >= 0.6 is 0 Å². The Labute approximate surface area is 341 Å². The van der Waals surface area contributed by atoms with Crippen molar-refractivity contribution in [2.75, 3.05) is 13.2 Å². The van der Waals surface area contributed by atoms with Crippen LogP contribution in [-0.4, -0.2) is 139 Å². The van der Waals surface area contributed by atoms with E-state index < -0.39 is 102 Å². The second kappa shape index (κ2) is 15.4. The van der Waals surface area contributed by atoms with E-state index in [1.807, 2.05) is 13.8 Å². The van der Waals surface area contributed by atoms with Gasteiger partial charge in [-0.15, -0.1) is 0 Å². The monoisotopic (exact) mass is 826 g/mol. The van der Waals surface area contributed by atoms with Crippen LogP contribution in [-0.2, 0) is 33.3 Å². The van der Waals surface area contributed by atoms with Crippen molar-refractivity contribution in [3.8, 4) is 0 Å². The maximum absolute atomic E-state index is 13.0. The molecular weight excluding hydrogens is 756 g/mol. The third-order valence-corrected chi connectivity index (χ3v) is 18.0. The predicted octanol–water partition coefficient (Wildman–Crippen LogP) is 2.26. The molecule has 21 atom stereocenters. The number of aliphatic hydroxyl groups excluding tert-OH is 6. The van der Waals surface area contributed by atoms with Crippen LogP contribution in [0.5, 0.6) is 0 Å². The van der Waals surface area contributed by atoms with E-state index in [2.05, 4.69) is 20.8 Å². The molecule has 0 bridgehead atoms. The van der Waals surface area contributed by atoms with Crippen LogP contribution in [0, 0.1) is 50.7 Å². The lowest BCUT2D eigenvalue weighted by molar-refractivity contribution is -0.369. The first-order valence-electron chi connectivity index (χ1n) is 21.7. The Morgan fingerprint density at radius 2 is 1.40 bits per heavy atom. The van der Waals surface area contributed by atoms with Crippen LogP contribution in [0.15, 0.2) is 0 Å². The fraction of sp³-hybridized carbons (Fsp3) is 0.953. The van der Waals surface area contributed by atoms with Crippen molar-refractivity contribution in [1.82, 2.24) is 0 Å². The number of fused-ring (bicyclic) bond motifs is 7. The molecule has 7 aliphatic rings. The normalized spacial score (nSPS) is 55.6. The molecule has 0 unspecified atom stereocenters. The number of hydrogen-bond donors (Lipinski definition) is 8. The summed E-state index contributed by atoms with van der Waals surface area (Å²) in [5, 5.41) is 87.9. The van der Waals surface area contributed by atoms with Gasteiger partial charge in [0.2, 0.25) is 0 Å². The van der Waals surface area contributed by atoms with E-state index in [9.17, 15) is 50.4 Å². The molecule has 15 heteroatoms. The Kier molecular flexibility index (Phi) is 11.8. The summed E-state index contributed by atoms with van der Waals surface area (Å²) in [5.74, 6) is -1.02. The molecule has 8 N–H and O–H groups in total. The molecule has 0 spiro atoms. The third kappa shape index (κ3) is 6.89. The number of carboxylic acids is 1. The first-order chi connectivity index (χ1) is 27.0. The van der Waals surface area contributed by atoms with Crippen LogP contribution < -0.4 is 0 Å². The van der Waals surface area contributed by atoms with Crippen LogP contribution in [0.1, 0.15) is 119 Å². The number of ether oxygens (including phenoxy) is 5. The summed E-state index contributed by atoms with van der Waals surface area (Å²) < 4.78 is 29.5. The topological polar surface area (TPSA) is 242 Å². The minimum Gasteiger partial charge on any atom is -0.481 e. The average molecular weight is 827 g/mol. The summed E-state index contributed by atoms with van der Waals surface area (Å²) in [6, 6.07) is 0. The smallest absolute Gasteiger partial charge is 0.309 e. The van der Waals surface area contributed by atoms with Crippen molar-refractivity contribution in [3.05, 3.63) is 0 Å². The standard InChI is InChI=1S/C43H70O15/c1-21-29(46)31(48)33(50)35(56-21)58-34-32(49)30(47)25(19-54-22(2)44)57-36(34)55-20-40(5)26-10-13-42(7)27(39(26,4)12-11-28(40)45)9-8-23-24-18-38(3,53)14-16-43(24,37(51)52)17-15-41(23,42)6/h21,23-36,45-50,53H,8-20H2,1-7H3,(H,51,52)/t21-,23+,24-,25+,26+,27+,28-,29+,30+,31+,32-,33-,34+,35-,36+,38+,39-,40+,41+,42+,43-/m0/s1. The van der Waals surface area contributed by atoms with E-state index in [-0.39, 0.29) is 46.5 Å². The number of carbonyl (C=O) groups excluding carboxylic acids is 1. The van der Waals surface area contributed by atoms with E-state index in [1.54, 1.807) is 0 Å². The molecular formula is C43H70O15. The lowest BCUT2D eigenvalue weighted by Gasteiger charge is -2.73. The first-order valence-corrected chi connectivity index (χ1v) is 21.7. The van der Waals surface area contributed by atoms with E-state index >= 15 is 0 Å². The molecule has 0 aromatic rings. The van der Waals surface area contributed by atoms with Gasteiger partial charge < -0.3 is 64.5 Å². The molecule has 0 aromatic carbocycles. The Morgan fingerprint density at radius 1 is 0.707 bits per heavy atom. The van der Waals surface area contributed by atoms with Gasteiger partial charge in [-0.25, -0.2) is 0 Å². The molecule has 58 heavy (non-hydrogen) atoms. The highest BCUT2D eigenvalue weighted by molar-refractivity contribution is 5.75. The summed E-state index contributed by atoms with van der Waals surface area (Å²) in [6.45, 7) is 13.3. The highest BCUT2D eigenvalue weighted by Gasteiger charge is 2.72. The molecule has 5 aliphatic carbocycles. The van der Waals surface area contributed by atoms with Crippen LogP contribution in [0.25, 0.3) is 0 Å². The largest absolute Gasteiger partial charge is 0.481 e. The zero-order valence-corrected chi connectivity index (χ0v) is 35.3. The second-order valence-electron chi connectivity index (χ2n) is 20.9. The molecule has 0 aromatic heterocycles. The van der Waals surface area contributed by atoms with Crippen molar-refractivity contribution in [2.45, 2.75) is 192 Å². The number of esters is 1. The molecule has 15 nitrogen and oxygen atoms in total. The zero-order chi connectivity index (χ0) is 42.5. The van der Waals surface area contributed by atoms with Gasteiger partial charge in [0.1, 0.15) is 49.3 Å². The zero-order valence-electron chi connectivity index (χ0n) is 35.3. The SMILES string of the molecule is CC(=O)OC[C@H]1O[C@@H](OC[C@]2(C)[C@@H]3CC[C@]4(C)[C@H](CC[C@@H]5[C@@H]6C[C@](C)(O)CC[C@]6(C(=O)O)CC[C@]54C)[C@@]3(C)CC[C@@H]2O)[C@H](O[C@@H]2O[C@@H](C)[C@@H](O)[C@@H](O)[C@@H]2O)[C@@H](O)[C@@H]1O. The fourth-order valence-electron chi connectivity index (χ4n) is 14.3. The molecule has 7 fully saturated rings. The lowest BCUT2D eigenvalue weighted by atomic mass is 9.31. The molecule has 0 radical (unpaired) electrons. The number of carbonyl (C=O) groups is 2. The molecule has 332 valence electrons. The Hall–Kier alpha value is -1.50. The number of carboxylic acid groups (broad SMARTS) is 1. The van der Waals surface area contributed by atoms with Crippen molar-refractivity contribution in [3.63, 3.8) is 0 Å². The van der Waals surface area contributed by atoms with Crippen LogP contribution in [0.2, 0.25) is 0 Å². The minimum absolute atomic E-state index is 0.00427. The summed E-state index contributed by atoms with van der Waals surface area (Å²) in [7, 11) is 0. The first kappa shape index (κ1) is 44.6. The van der Waals surface area contributed by atoms with Gasteiger partial charge in [-0.1, -0.05) is 27.7 Å². The van der Waals surface area contributed by atoms with Gasteiger partial charge in [-0.05, 0) is 124 Å². The van der Waals surface area contributed by atoms with Gasteiger partial charge in [0.15, 0.2) is 12.6 Å². The van der Waals surface area contributed by atoms with Gasteiger partial charge >= 0.3 is 11.9 Å². The van der Waals surface area contributed by atoms with Gasteiger partial charge in [-0.3, -0.25) is 9.59 Å². The van der Waals surface area contributed by atoms with E-state index in [1.165, 1.54) is 13.8 Å². The van der Waals surface area contributed by atoms with Gasteiger partial charge in [0, 0.05) is 12.3 Å². The maximum Gasteiger partial charge on any atom is 0.309 e. The summed E-state index contributed by atoms with van der Waals surface area (Å²) >= 11 is 0. The molecule has 7 rings (SSSR count). The van der Waals surface area contributed by atoms with Gasteiger partial charge in [-0.2, -0.15) is 0 Å². The summed E-state index contributed by atoms with van der Waals surface area (Å²) in [6.07, 6.45) is -7.64. The highest BCUT2D eigenvalue weighted by atomic mass is 16.8. The van der Waals surface area contributed by atoms with Crippen molar-refractivity contribution < 1.29 is 74.1 Å². The Balaban J connectivity index is 1.14. The lowest BCUT2D eigenvalue weighted by Crippen LogP contribution is -2.69. The van der Waals surface area contributed by atoms with E-state index in [0.29, 0.717) is 32.1 Å². The summed E-state index contributed by atoms with van der Waals surface area (Å²) in [5.41, 5.74) is -3.00. The third-order valence-electron chi connectivity index (χ3n) is 18.0. The Morgan fingerprint density at radius 3 is 2.07 bits per heavy atom. The quantitative estimate of drug-likeness (QED) is 0.164. The number of aliphatic hydroxyl groups is 7. The number of aliphatic carboxylic acids is 1. The maximum atomic E-state index is 13.0. The Bertz CT molecular complexity index is 1540. The molecule has 0 amide bonds. The van der Waals surface area contributed by atoms with Crippen LogP contribution in [0.4, 0.5) is 0 Å². The average Bonchev–Trinajstić information content (AvgIpc) is 3.15. The van der Waals surface area contributed by atoms with E-state index in [0.717, 1.165) is 38.5 Å².